The van der Waals surface area contributed by atoms with Crippen LogP contribution in [-0.4, -0.2) is 35.8 Å². The fraction of sp³-hybridized carbons (Fsp3) is 0.348. The number of carbonyl (C=O) groups excluding carboxylic acids is 3. The Balaban J connectivity index is 1.63. The molecule has 3 rings (SSSR count). The van der Waals surface area contributed by atoms with E-state index in [1.165, 1.54) is 4.90 Å². The molecule has 0 N–H and O–H groups in total. The molecule has 0 aliphatic carbocycles. The molecule has 0 saturated carbocycles. The Morgan fingerprint density at radius 2 is 1.52 bits per heavy atom. The van der Waals surface area contributed by atoms with Crippen LogP contribution >= 0.6 is 0 Å². The molecule has 1 fully saturated rings. The van der Waals surface area contributed by atoms with Gasteiger partial charge in [-0.3, -0.25) is 4.90 Å². The van der Waals surface area contributed by atoms with Crippen molar-refractivity contribution in [2.75, 3.05) is 6.54 Å². The topological polar surface area (TPSA) is 72.9 Å². The van der Waals surface area contributed by atoms with Crippen LogP contribution in [0.2, 0.25) is 0 Å². The van der Waals surface area contributed by atoms with E-state index in [9.17, 15) is 14.4 Å². The molecule has 2 aromatic rings. The number of piperidine rings is 1. The summed E-state index contributed by atoms with van der Waals surface area (Å²) in [4.78, 5) is 37.7. The lowest BCUT2D eigenvalue weighted by Gasteiger charge is -2.36. The number of carbonyl (C=O) groups is 3. The number of esters is 1. The second-order valence-electron chi connectivity index (χ2n) is 7.14. The predicted octanol–water partition coefficient (Wildman–Crippen LogP) is 3.74. The van der Waals surface area contributed by atoms with Crippen molar-refractivity contribution >= 4 is 18.3 Å². The standard InChI is InChI=1S/C23H25NO5/c25-14-12-18-11-13-24(23(27)29-17-20-9-5-2-6-10-20)21(15-18)22(26)28-16-19-7-3-1-4-8-19/h1-10,14,18,21H,11-13,15-17H2. The first-order valence-corrected chi connectivity index (χ1v) is 9.79. The predicted molar refractivity (Wildman–Crippen MR) is 107 cm³/mol. The number of likely N-dealkylation sites (tertiary alicyclic amines) is 1. The summed E-state index contributed by atoms with van der Waals surface area (Å²) in [5.74, 6) is -0.416. The minimum atomic E-state index is -0.749. The van der Waals surface area contributed by atoms with E-state index in [0.29, 0.717) is 25.8 Å². The Morgan fingerprint density at radius 3 is 2.10 bits per heavy atom. The molecule has 1 aliphatic heterocycles. The van der Waals surface area contributed by atoms with E-state index in [4.69, 9.17) is 9.47 Å². The zero-order valence-corrected chi connectivity index (χ0v) is 16.2. The Hall–Kier alpha value is -3.15. The van der Waals surface area contributed by atoms with Gasteiger partial charge in [-0.2, -0.15) is 0 Å². The van der Waals surface area contributed by atoms with Crippen molar-refractivity contribution in [2.24, 2.45) is 5.92 Å². The highest BCUT2D eigenvalue weighted by Crippen LogP contribution is 2.27. The fourth-order valence-electron chi connectivity index (χ4n) is 3.46. The molecule has 2 unspecified atom stereocenters. The van der Waals surface area contributed by atoms with Crippen LogP contribution in [0.1, 0.15) is 30.4 Å². The van der Waals surface area contributed by atoms with Crippen molar-refractivity contribution in [3.8, 4) is 0 Å². The molecule has 1 aliphatic rings. The summed E-state index contributed by atoms with van der Waals surface area (Å²) >= 11 is 0. The quantitative estimate of drug-likeness (QED) is 0.528. The first-order chi connectivity index (χ1) is 14.2. The molecular formula is C23H25NO5. The van der Waals surface area contributed by atoms with Gasteiger partial charge in [-0.15, -0.1) is 0 Å². The van der Waals surface area contributed by atoms with Gasteiger partial charge in [-0.1, -0.05) is 60.7 Å². The van der Waals surface area contributed by atoms with E-state index in [1.807, 2.05) is 60.7 Å². The Morgan fingerprint density at radius 1 is 0.931 bits per heavy atom. The largest absolute Gasteiger partial charge is 0.459 e. The summed E-state index contributed by atoms with van der Waals surface area (Å²) in [7, 11) is 0. The Bertz CT molecular complexity index is 809. The average molecular weight is 395 g/mol. The zero-order valence-electron chi connectivity index (χ0n) is 16.2. The maximum atomic E-state index is 12.8. The molecule has 0 radical (unpaired) electrons. The van der Waals surface area contributed by atoms with Crippen molar-refractivity contribution in [3.05, 3.63) is 71.8 Å². The summed E-state index contributed by atoms with van der Waals surface area (Å²) in [6.07, 6.45) is 1.74. The highest BCUT2D eigenvalue weighted by Gasteiger charge is 2.38. The number of hydrogen-bond acceptors (Lipinski definition) is 5. The van der Waals surface area contributed by atoms with E-state index in [0.717, 1.165) is 17.4 Å². The number of amides is 1. The maximum Gasteiger partial charge on any atom is 0.410 e. The number of hydrogen-bond donors (Lipinski definition) is 0. The zero-order chi connectivity index (χ0) is 20.5. The van der Waals surface area contributed by atoms with Crippen LogP contribution < -0.4 is 0 Å². The first kappa shape index (κ1) is 20.6. The third-order valence-corrected chi connectivity index (χ3v) is 5.08. The monoisotopic (exact) mass is 395 g/mol. The van der Waals surface area contributed by atoms with E-state index in [2.05, 4.69) is 0 Å². The molecule has 0 bridgehead atoms. The van der Waals surface area contributed by atoms with E-state index < -0.39 is 18.1 Å². The van der Waals surface area contributed by atoms with Crippen LogP contribution in [0.25, 0.3) is 0 Å². The number of ether oxygens (including phenoxy) is 2. The van der Waals surface area contributed by atoms with Gasteiger partial charge in [0.05, 0.1) is 0 Å². The van der Waals surface area contributed by atoms with E-state index in [-0.39, 0.29) is 19.1 Å². The van der Waals surface area contributed by atoms with Crippen molar-refractivity contribution in [1.29, 1.82) is 0 Å². The normalized spacial score (nSPS) is 18.7. The molecule has 1 saturated heterocycles. The number of benzene rings is 2. The van der Waals surface area contributed by atoms with Crippen LogP contribution in [0, 0.1) is 5.92 Å². The third-order valence-electron chi connectivity index (χ3n) is 5.08. The van der Waals surface area contributed by atoms with Gasteiger partial charge in [0.1, 0.15) is 25.5 Å². The van der Waals surface area contributed by atoms with Crippen LogP contribution in [0.3, 0.4) is 0 Å². The third kappa shape index (κ3) is 5.91. The minimum absolute atomic E-state index is 0.0555. The summed E-state index contributed by atoms with van der Waals surface area (Å²) in [5.41, 5.74) is 1.75. The van der Waals surface area contributed by atoms with Crippen molar-refractivity contribution in [3.63, 3.8) is 0 Å². The first-order valence-electron chi connectivity index (χ1n) is 9.79. The van der Waals surface area contributed by atoms with Crippen LogP contribution in [0.5, 0.6) is 0 Å². The molecule has 2 atom stereocenters. The SMILES string of the molecule is O=CCC1CCN(C(=O)OCc2ccccc2)C(C(=O)OCc2ccccc2)C1. The lowest BCUT2D eigenvalue weighted by Crippen LogP contribution is -2.50. The van der Waals surface area contributed by atoms with Gasteiger partial charge in [0.2, 0.25) is 0 Å². The molecule has 0 aromatic heterocycles. The lowest BCUT2D eigenvalue weighted by atomic mass is 9.89. The fourth-order valence-corrected chi connectivity index (χ4v) is 3.46. The van der Waals surface area contributed by atoms with Gasteiger partial charge in [0.25, 0.3) is 0 Å². The van der Waals surface area contributed by atoms with Crippen molar-refractivity contribution in [2.45, 2.75) is 38.5 Å². The summed E-state index contributed by atoms with van der Waals surface area (Å²) in [6.45, 7) is 0.637. The molecule has 152 valence electrons. The minimum Gasteiger partial charge on any atom is -0.459 e. The second kappa shape index (κ2) is 10.4. The summed E-state index contributed by atoms with van der Waals surface area (Å²) in [6, 6.07) is 18.0. The number of nitrogens with zero attached hydrogens (tertiary/aromatic N) is 1. The van der Waals surface area contributed by atoms with Gasteiger partial charge in [0.15, 0.2) is 0 Å². The number of aldehydes is 1. The van der Waals surface area contributed by atoms with Gasteiger partial charge in [0, 0.05) is 13.0 Å². The van der Waals surface area contributed by atoms with Gasteiger partial charge in [-0.25, -0.2) is 9.59 Å². The van der Waals surface area contributed by atoms with E-state index >= 15 is 0 Å². The van der Waals surface area contributed by atoms with Gasteiger partial charge >= 0.3 is 12.1 Å². The average Bonchev–Trinajstić information content (AvgIpc) is 2.77. The van der Waals surface area contributed by atoms with Gasteiger partial charge in [-0.05, 0) is 29.9 Å². The highest BCUT2D eigenvalue weighted by atomic mass is 16.6. The smallest absolute Gasteiger partial charge is 0.410 e. The molecule has 1 amide bonds. The van der Waals surface area contributed by atoms with Crippen LogP contribution in [-0.2, 0) is 32.3 Å². The molecule has 1 heterocycles. The molecular weight excluding hydrogens is 370 g/mol. The Kier molecular flexibility index (Phi) is 7.39. The summed E-state index contributed by atoms with van der Waals surface area (Å²) < 4.78 is 10.9. The van der Waals surface area contributed by atoms with E-state index in [1.54, 1.807) is 0 Å². The molecule has 6 heteroatoms. The summed E-state index contributed by atoms with van der Waals surface area (Å²) in [5, 5.41) is 0. The van der Waals surface area contributed by atoms with Crippen molar-refractivity contribution < 1.29 is 23.9 Å². The molecule has 0 spiro atoms. The van der Waals surface area contributed by atoms with Crippen LogP contribution in [0.4, 0.5) is 4.79 Å². The highest BCUT2D eigenvalue weighted by molar-refractivity contribution is 5.81. The number of rotatable bonds is 7. The maximum absolute atomic E-state index is 12.8. The van der Waals surface area contributed by atoms with Crippen molar-refractivity contribution in [1.82, 2.24) is 4.90 Å². The van der Waals surface area contributed by atoms with Gasteiger partial charge < -0.3 is 14.3 Å². The van der Waals surface area contributed by atoms with Crippen LogP contribution in [0.15, 0.2) is 60.7 Å². The molecule has 6 nitrogen and oxygen atoms in total. The Labute approximate surface area is 170 Å². The molecule has 2 aromatic carbocycles. The lowest BCUT2D eigenvalue weighted by molar-refractivity contribution is -0.153. The molecule has 29 heavy (non-hydrogen) atoms. The second-order valence-corrected chi connectivity index (χ2v) is 7.14.